The lowest BCUT2D eigenvalue weighted by atomic mass is 10.1. The number of anilines is 1. The lowest BCUT2D eigenvalue weighted by Crippen LogP contribution is -2.25. The van der Waals surface area contributed by atoms with Crippen LogP contribution in [-0.2, 0) is 0 Å². The Morgan fingerprint density at radius 1 is 1.13 bits per heavy atom. The zero-order chi connectivity index (χ0) is 16.7. The van der Waals surface area contributed by atoms with Crippen LogP contribution in [0, 0.1) is 5.92 Å². The van der Waals surface area contributed by atoms with Crippen LogP contribution in [0.1, 0.15) is 49.2 Å². The lowest BCUT2D eigenvalue weighted by Gasteiger charge is -2.15. The zero-order valence-electron chi connectivity index (χ0n) is 14.0. The van der Waals surface area contributed by atoms with E-state index < -0.39 is 0 Å². The summed E-state index contributed by atoms with van der Waals surface area (Å²) in [6.07, 6.45) is 2.64. The molecule has 0 aliphatic rings. The largest absolute Gasteiger partial charge is 0.364 e. The fraction of sp³-hybridized carbons (Fsp3) is 0.368. The molecule has 1 heterocycles. The van der Waals surface area contributed by atoms with Crippen molar-refractivity contribution in [3.63, 3.8) is 0 Å². The number of carbonyl (C=O) groups is 1. The molecule has 1 amide bonds. The number of benzene rings is 1. The van der Waals surface area contributed by atoms with Gasteiger partial charge < -0.3 is 10.6 Å². The van der Waals surface area contributed by atoms with Gasteiger partial charge in [-0.2, -0.15) is 0 Å². The summed E-state index contributed by atoms with van der Waals surface area (Å²) in [7, 11) is 0. The predicted octanol–water partition coefficient (Wildman–Crippen LogP) is 4.03. The number of carbonyl (C=O) groups excluding carboxylic acids is 1. The van der Waals surface area contributed by atoms with Crippen LogP contribution in [0.25, 0.3) is 0 Å². The van der Waals surface area contributed by atoms with Crippen molar-refractivity contribution in [1.29, 1.82) is 0 Å². The van der Waals surface area contributed by atoms with E-state index in [0.29, 0.717) is 23.8 Å². The molecule has 4 heteroatoms. The van der Waals surface area contributed by atoms with Crippen molar-refractivity contribution in [3.05, 3.63) is 59.8 Å². The lowest BCUT2D eigenvalue weighted by molar-refractivity contribution is 0.0952. The summed E-state index contributed by atoms with van der Waals surface area (Å²) in [4.78, 5) is 16.5. The standard InChI is InChI=1S/C19H25N3O/c1-14(2)9-11-21-19(23)17-10-12-20-18(13-17)22-15(3)16-7-5-4-6-8-16/h4-8,10,12-15H,9,11H2,1-3H3,(H,20,22)(H,21,23). The van der Waals surface area contributed by atoms with Crippen molar-refractivity contribution in [2.24, 2.45) is 5.92 Å². The molecule has 2 aromatic rings. The molecule has 0 saturated heterocycles. The molecule has 1 unspecified atom stereocenters. The minimum absolute atomic E-state index is 0.0523. The number of aromatic nitrogens is 1. The van der Waals surface area contributed by atoms with Crippen molar-refractivity contribution in [3.8, 4) is 0 Å². The summed E-state index contributed by atoms with van der Waals surface area (Å²) in [5, 5.41) is 6.28. The quantitative estimate of drug-likeness (QED) is 0.811. The first-order valence-corrected chi connectivity index (χ1v) is 8.12. The molecule has 122 valence electrons. The predicted molar refractivity (Wildman–Crippen MR) is 94.5 cm³/mol. The monoisotopic (exact) mass is 311 g/mol. The molecule has 1 aromatic carbocycles. The van der Waals surface area contributed by atoms with Gasteiger partial charge >= 0.3 is 0 Å². The van der Waals surface area contributed by atoms with E-state index in [1.165, 1.54) is 5.56 Å². The Hall–Kier alpha value is -2.36. The first-order chi connectivity index (χ1) is 11.1. The van der Waals surface area contributed by atoms with Gasteiger partial charge in [0.2, 0.25) is 0 Å². The first-order valence-electron chi connectivity index (χ1n) is 8.12. The minimum Gasteiger partial charge on any atom is -0.364 e. The number of amides is 1. The van der Waals surface area contributed by atoms with E-state index in [9.17, 15) is 4.79 Å². The molecule has 0 aliphatic heterocycles. The third-order valence-corrected chi connectivity index (χ3v) is 3.69. The molecule has 1 atom stereocenters. The molecule has 2 N–H and O–H groups in total. The Bertz CT molecular complexity index is 626. The van der Waals surface area contributed by atoms with E-state index in [1.54, 1.807) is 18.3 Å². The van der Waals surface area contributed by atoms with Crippen LogP contribution in [0.15, 0.2) is 48.7 Å². The summed E-state index contributed by atoms with van der Waals surface area (Å²) in [6.45, 7) is 7.06. The van der Waals surface area contributed by atoms with E-state index >= 15 is 0 Å². The van der Waals surface area contributed by atoms with Gasteiger partial charge in [-0.3, -0.25) is 4.79 Å². The minimum atomic E-state index is -0.0523. The van der Waals surface area contributed by atoms with Gasteiger partial charge in [-0.1, -0.05) is 44.2 Å². The molecule has 0 radical (unpaired) electrons. The highest BCUT2D eigenvalue weighted by Gasteiger charge is 2.09. The van der Waals surface area contributed by atoms with Gasteiger partial charge in [-0.25, -0.2) is 4.98 Å². The topological polar surface area (TPSA) is 54.0 Å². The van der Waals surface area contributed by atoms with Gasteiger partial charge in [0.15, 0.2) is 0 Å². The summed E-state index contributed by atoms with van der Waals surface area (Å²) < 4.78 is 0. The smallest absolute Gasteiger partial charge is 0.251 e. The third kappa shape index (κ3) is 5.40. The molecule has 1 aromatic heterocycles. The first kappa shape index (κ1) is 17.0. The number of hydrogen-bond acceptors (Lipinski definition) is 3. The van der Waals surface area contributed by atoms with Gasteiger partial charge in [0.1, 0.15) is 5.82 Å². The zero-order valence-corrected chi connectivity index (χ0v) is 14.0. The number of pyridine rings is 1. The summed E-state index contributed by atoms with van der Waals surface area (Å²) in [6, 6.07) is 13.8. The molecule has 0 spiro atoms. The molecule has 0 aliphatic carbocycles. The Labute approximate surface area is 138 Å². The average molecular weight is 311 g/mol. The molecular weight excluding hydrogens is 286 g/mol. The second-order valence-corrected chi connectivity index (χ2v) is 6.14. The Balaban J connectivity index is 1.98. The third-order valence-electron chi connectivity index (χ3n) is 3.69. The maximum absolute atomic E-state index is 12.2. The van der Waals surface area contributed by atoms with E-state index in [4.69, 9.17) is 0 Å². The van der Waals surface area contributed by atoms with Crippen LogP contribution in [0.4, 0.5) is 5.82 Å². The average Bonchev–Trinajstić information content (AvgIpc) is 2.55. The number of hydrogen-bond donors (Lipinski definition) is 2. The molecule has 0 fully saturated rings. The van der Waals surface area contributed by atoms with Crippen LogP contribution in [0.2, 0.25) is 0 Å². The van der Waals surface area contributed by atoms with Crippen molar-refractivity contribution in [2.45, 2.75) is 33.2 Å². The highest BCUT2D eigenvalue weighted by Crippen LogP contribution is 2.18. The second kappa shape index (κ2) is 8.32. The van der Waals surface area contributed by atoms with Gasteiger partial charge in [0.05, 0.1) is 0 Å². The van der Waals surface area contributed by atoms with Crippen LogP contribution < -0.4 is 10.6 Å². The van der Waals surface area contributed by atoms with Gasteiger partial charge in [-0.05, 0) is 37.0 Å². The molecule has 4 nitrogen and oxygen atoms in total. The highest BCUT2D eigenvalue weighted by molar-refractivity contribution is 5.94. The van der Waals surface area contributed by atoms with Crippen LogP contribution >= 0.6 is 0 Å². The fourth-order valence-electron chi connectivity index (χ4n) is 2.27. The second-order valence-electron chi connectivity index (χ2n) is 6.14. The van der Waals surface area contributed by atoms with Crippen molar-refractivity contribution in [1.82, 2.24) is 10.3 Å². The molecule has 23 heavy (non-hydrogen) atoms. The Morgan fingerprint density at radius 3 is 2.57 bits per heavy atom. The van der Waals surface area contributed by atoms with Crippen LogP contribution in [0.5, 0.6) is 0 Å². The normalized spacial score (nSPS) is 12.0. The van der Waals surface area contributed by atoms with E-state index in [2.05, 4.69) is 48.5 Å². The maximum atomic E-state index is 12.2. The number of rotatable bonds is 7. The molecular formula is C19H25N3O. The molecule has 0 bridgehead atoms. The molecule has 0 saturated carbocycles. The fourth-order valence-corrected chi connectivity index (χ4v) is 2.27. The van der Waals surface area contributed by atoms with Gasteiger partial charge in [-0.15, -0.1) is 0 Å². The number of nitrogens with one attached hydrogen (secondary N) is 2. The van der Waals surface area contributed by atoms with Crippen LogP contribution in [0.3, 0.4) is 0 Å². The van der Waals surface area contributed by atoms with Crippen LogP contribution in [-0.4, -0.2) is 17.4 Å². The molecule has 2 rings (SSSR count). The Kier molecular flexibility index (Phi) is 6.15. The van der Waals surface area contributed by atoms with Crippen molar-refractivity contribution in [2.75, 3.05) is 11.9 Å². The highest BCUT2D eigenvalue weighted by atomic mass is 16.1. The Morgan fingerprint density at radius 2 is 1.87 bits per heavy atom. The van der Waals surface area contributed by atoms with Crippen molar-refractivity contribution < 1.29 is 4.79 Å². The van der Waals surface area contributed by atoms with Gasteiger partial charge in [0, 0.05) is 24.3 Å². The van der Waals surface area contributed by atoms with E-state index in [1.807, 2.05) is 18.2 Å². The maximum Gasteiger partial charge on any atom is 0.251 e. The van der Waals surface area contributed by atoms with E-state index in [-0.39, 0.29) is 11.9 Å². The summed E-state index contributed by atoms with van der Waals surface area (Å²) in [5.41, 5.74) is 1.81. The van der Waals surface area contributed by atoms with Gasteiger partial charge in [0.25, 0.3) is 5.91 Å². The SMILES string of the molecule is CC(C)CCNC(=O)c1ccnc(NC(C)c2ccccc2)c1. The number of nitrogens with zero attached hydrogens (tertiary/aromatic N) is 1. The summed E-state index contributed by atoms with van der Waals surface area (Å²) >= 11 is 0. The van der Waals surface area contributed by atoms with Crippen molar-refractivity contribution >= 4 is 11.7 Å². The summed E-state index contributed by atoms with van der Waals surface area (Å²) in [5.74, 6) is 1.23. The van der Waals surface area contributed by atoms with E-state index in [0.717, 1.165) is 6.42 Å².